The highest BCUT2D eigenvalue weighted by Gasteiger charge is 2.24. The molecule has 3 aromatic rings. The van der Waals surface area contributed by atoms with Gasteiger partial charge in [-0.05, 0) is 39.6 Å². The maximum Gasteiger partial charge on any atom is 0.184 e. The Morgan fingerprint density at radius 1 is 1.36 bits per heavy atom. The van der Waals surface area contributed by atoms with Crippen LogP contribution in [0, 0.1) is 6.92 Å². The van der Waals surface area contributed by atoms with Gasteiger partial charge >= 0.3 is 0 Å². The Labute approximate surface area is 199 Å². The number of ether oxygens (including phenoxy) is 1. The van der Waals surface area contributed by atoms with Crippen molar-refractivity contribution < 1.29 is 10.1 Å². The quantitative estimate of drug-likeness (QED) is 0.409. The second kappa shape index (κ2) is 10.2. The molecule has 10 heteroatoms. The van der Waals surface area contributed by atoms with Crippen LogP contribution in [-0.4, -0.2) is 58.1 Å². The van der Waals surface area contributed by atoms with Crippen molar-refractivity contribution in [1.82, 2.24) is 24.6 Å². The number of anilines is 2. The molecule has 0 saturated heterocycles. The molecule has 0 aliphatic rings. The van der Waals surface area contributed by atoms with Gasteiger partial charge in [-0.15, -0.1) is 0 Å². The number of nitrogen functional groups attached to an aromatic ring is 1. The van der Waals surface area contributed by atoms with E-state index in [0.717, 1.165) is 41.1 Å². The van der Waals surface area contributed by atoms with Crippen molar-refractivity contribution in [3.8, 4) is 16.9 Å². The van der Waals surface area contributed by atoms with Crippen LogP contribution in [0.15, 0.2) is 24.8 Å². The second-order valence-electron chi connectivity index (χ2n) is 8.31. The molecule has 0 fully saturated rings. The number of methoxy groups -OCH3 is 1. The largest absolute Gasteiger partial charge is 0.496 e. The minimum atomic E-state index is -0.215. The molecule has 0 amide bonds. The van der Waals surface area contributed by atoms with Crippen LogP contribution in [0.25, 0.3) is 11.1 Å². The average Bonchev–Trinajstić information content (AvgIpc) is 3.21. The number of halogens is 1. The van der Waals surface area contributed by atoms with E-state index in [1.807, 2.05) is 51.1 Å². The highest BCUT2D eigenvalue weighted by atomic mass is 35.5. The molecule has 1 atom stereocenters. The lowest BCUT2D eigenvalue weighted by Crippen LogP contribution is -2.39. The SMILES string of the molecule is COc1c(C(C)Nc2ncnc(N)c2C(C)=[NH2+])cc(Cl)c(C)c1-c1cnn(CCN(C)C)c1. The summed E-state index contributed by atoms with van der Waals surface area (Å²) in [4.78, 5) is 10.5. The van der Waals surface area contributed by atoms with Crippen LogP contribution in [0.5, 0.6) is 5.75 Å². The number of rotatable bonds is 9. The Morgan fingerprint density at radius 3 is 2.73 bits per heavy atom. The predicted octanol–water partition coefficient (Wildman–Crippen LogP) is 2.20. The van der Waals surface area contributed by atoms with E-state index in [-0.39, 0.29) is 6.04 Å². The third-order valence-electron chi connectivity index (χ3n) is 5.50. The number of aromatic nitrogens is 4. The minimum Gasteiger partial charge on any atom is -0.496 e. The third-order valence-corrected chi connectivity index (χ3v) is 5.89. The fourth-order valence-electron chi connectivity index (χ4n) is 3.73. The Bertz CT molecular complexity index is 1160. The molecule has 0 bridgehead atoms. The Hall–Kier alpha value is -3.17. The monoisotopic (exact) mass is 471 g/mol. The summed E-state index contributed by atoms with van der Waals surface area (Å²) in [7, 11) is 5.73. The Balaban J connectivity index is 2.04. The van der Waals surface area contributed by atoms with Crippen LogP contribution in [0.2, 0.25) is 5.02 Å². The van der Waals surface area contributed by atoms with Gasteiger partial charge in [0.2, 0.25) is 0 Å². The van der Waals surface area contributed by atoms with Crippen molar-refractivity contribution in [2.24, 2.45) is 0 Å². The van der Waals surface area contributed by atoms with E-state index < -0.39 is 0 Å². The van der Waals surface area contributed by atoms with E-state index in [9.17, 15) is 0 Å². The molecule has 1 unspecified atom stereocenters. The molecule has 0 radical (unpaired) electrons. The first-order valence-corrected chi connectivity index (χ1v) is 11.0. The van der Waals surface area contributed by atoms with Gasteiger partial charge in [0.25, 0.3) is 0 Å². The number of nitrogens with zero attached hydrogens (tertiary/aromatic N) is 5. The second-order valence-corrected chi connectivity index (χ2v) is 8.71. The first-order chi connectivity index (χ1) is 15.6. The van der Waals surface area contributed by atoms with Crippen molar-refractivity contribution in [2.75, 3.05) is 38.8 Å². The number of hydrogen-bond donors (Lipinski definition) is 3. The van der Waals surface area contributed by atoms with E-state index in [0.29, 0.717) is 27.9 Å². The average molecular weight is 472 g/mol. The van der Waals surface area contributed by atoms with Gasteiger partial charge in [0.15, 0.2) is 5.71 Å². The van der Waals surface area contributed by atoms with Crippen LogP contribution < -0.4 is 21.2 Å². The van der Waals surface area contributed by atoms with Crippen LogP contribution in [0.3, 0.4) is 0 Å². The maximum atomic E-state index is 6.67. The number of nitrogens with one attached hydrogen (secondary N) is 1. The third kappa shape index (κ3) is 5.26. The van der Waals surface area contributed by atoms with Crippen molar-refractivity contribution >= 4 is 28.9 Å². The lowest BCUT2D eigenvalue weighted by atomic mass is 9.95. The zero-order chi connectivity index (χ0) is 24.3. The summed E-state index contributed by atoms with van der Waals surface area (Å²) in [6.07, 6.45) is 5.26. The molecule has 0 saturated carbocycles. The van der Waals surface area contributed by atoms with E-state index >= 15 is 0 Å². The summed E-state index contributed by atoms with van der Waals surface area (Å²) in [6.45, 7) is 7.42. The molecule has 0 aliphatic heterocycles. The van der Waals surface area contributed by atoms with E-state index in [1.54, 1.807) is 14.0 Å². The smallest absolute Gasteiger partial charge is 0.184 e. The van der Waals surface area contributed by atoms with Gasteiger partial charge in [0, 0.05) is 41.4 Å². The fourth-order valence-corrected chi connectivity index (χ4v) is 3.94. The number of nitrogens with two attached hydrogens (primary N) is 2. The summed E-state index contributed by atoms with van der Waals surface area (Å²) in [5.41, 5.74) is 10.8. The summed E-state index contributed by atoms with van der Waals surface area (Å²) >= 11 is 6.67. The zero-order valence-electron chi connectivity index (χ0n) is 20.0. The predicted molar refractivity (Wildman–Crippen MR) is 133 cm³/mol. The van der Waals surface area contributed by atoms with Gasteiger partial charge in [-0.3, -0.25) is 10.1 Å². The molecule has 176 valence electrons. The highest BCUT2D eigenvalue weighted by Crippen LogP contribution is 2.42. The van der Waals surface area contributed by atoms with Crippen molar-refractivity contribution in [3.05, 3.63) is 46.5 Å². The molecule has 0 aliphatic carbocycles. The van der Waals surface area contributed by atoms with Crippen LogP contribution in [-0.2, 0) is 6.54 Å². The van der Waals surface area contributed by atoms with E-state index in [1.165, 1.54) is 6.33 Å². The summed E-state index contributed by atoms with van der Waals surface area (Å²) in [6, 6.07) is 1.70. The van der Waals surface area contributed by atoms with Crippen molar-refractivity contribution in [2.45, 2.75) is 33.4 Å². The van der Waals surface area contributed by atoms with E-state index in [2.05, 4.69) is 25.3 Å². The van der Waals surface area contributed by atoms with Crippen molar-refractivity contribution in [3.63, 3.8) is 0 Å². The van der Waals surface area contributed by atoms with Gasteiger partial charge in [0.1, 0.15) is 29.3 Å². The summed E-state index contributed by atoms with van der Waals surface area (Å²) < 4.78 is 7.83. The lowest BCUT2D eigenvalue weighted by Gasteiger charge is -2.23. The van der Waals surface area contributed by atoms with Gasteiger partial charge in [0.05, 0.1) is 25.9 Å². The molecule has 5 N–H and O–H groups in total. The molecule has 9 nitrogen and oxygen atoms in total. The van der Waals surface area contributed by atoms with E-state index in [4.69, 9.17) is 27.5 Å². The molecule has 1 aromatic carbocycles. The topological polar surface area (TPSA) is 120 Å². The van der Waals surface area contributed by atoms with Crippen LogP contribution in [0.4, 0.5) is 11.6 Å². The van der Waals surface area contributed by atoms with Crippen molar-refractivity contribution in [1.29, 1.82) is 0 Å². The van der Waals surface area contributed by atoms with Crippen LogP contribution in [0.1, 0.15) is 36.6 Å². The number of benzene rings is 1. The molecule has 0 spiro atoms. The summed E-state index contributed by atoms with van der Waals surface area (Å²) in [5.74, 6) is 1.59. The van der Waals surface area contributed by atoms with Crippen LogP contribution >= 0.6 is 11.6 Å². The normalized spacial score (nSPS) is 12.1. The number of hydrogen-bond acceptors (Lipinski definition) is 7. The number of likely N-dealkylation sites (N-methyl/N-ethyl adjacent to an activating group) is 1. The molecule has 2 aromatic heterocycles. The molecule has 3 rings (SSSR count). The standard InChI is InChI=1S/C23H31ClN8O/c1-13-18(24)9-17(15(3)30-23-20(14(2)25)22(26)27-12-28-23)21(33-6)19(13)16-10-29-32(11-16)8-7-31(4)5/h9-12,15,25H,7-8H2,1-6H3,(H3,26,27,28,30)/p+1. The first kappa shape index (κ1) is 24.5. The molecule has 2 heterocycles. The van der Waals surface area contributed by atoms with Gasteiger partial charge in [-0.25, -0.2) is 9.97 Å². The first-order valence-electron chi connectivity index (χ1n) is 10.6. The lowest BCUT2D eigenvalue weighted by molar-refractivity contribution is -0.113. The maximum absolute atomic E-state index is 6.67. The van der Waals surface area contributed by atoms with Gasteiger partial charge in [-0.2, -0.15) is 5.10 Å². The Kier molecular flexibility index (Phi) is 7.55. The minimum absolute atomic E-state index is 0.215. The highest BCUT2D eigenvalue weighted by molar-refractivity contribution is 6.32. The molecular weight excluding hydrogens is 440 g/mol. The molecular formula is C23H32ClN8O+. The van der Waals surface area contributed by atoms with Gasteiger partial charge < -0.3 is 20.7 Å². The zero-order valence-corrected chi connectivity index (χ0v) is 20.7. The van der Waals surface area contributed by atoms with Gasteiger partial charge in [-0.1, -0.05) is 11.6 Å². The fraction of sp³-hybridized carbons (Fsp3) is 0.391. The Morgan fingerprint density at radius 2 is 2.09 bits per heavy atom. The molecule has 33 heavy (non-hydrogen) atoms. The summed E-state index contributed by atoms with van der Waals surface area (Å²) in [5, 5.41) is 14.6.